The molecule has 1 atom stereocenters. The van der Waals surface area contributed by atoms with E-state index in [0.29, 0.717) is 5.76 Å². The Morgan fingerprint density at radius 3 is 2.25 bits per heavy atom. The summed E-state index contributed by atoms with van der Waals surface area (Å²) >= 11 is 0. The van der Waals surface area contributed by atoms with Gasteiger partial charge in [0.05, 0.1) is 6.04 Å². The lowest BCUT2D eigenvalue weighted by molar-refractivity contribution is -0.0592. The molecule has 20 heavy (non-hydrogen) atoms. The zero-order valence-electron chi connectivity index (χ0n) is 11.1. The van der Waals surface area contributed by atoms with E-state index in [9.17, 15) is 13.2 Å². The van der Waals surface area contributed by atoms with Gasteiger partial charge in [0, 0.05) is 0 Å². The Bertz CT molecular complexity index is 599. The molecule has 0 fully saturated rings. The first-order valence-corrected chi connectivity index (χ1v) is 6.14. The molecule has 0 aliphatic heterocycles. The fraction of sp³-hybridized carbons (Fsp3) is 0.267. The van der Waals surface area contributed by atoms with E-state index in [4.69, 9.17) is 4.42 Å². The van der Waals surface area contributed by atoms with E-state index in [1.165, 1.54) is 12.1 Å². The van der Waals surface area contributed by atoms with Crippen molar-refractivity contribution in [3.63, 3.8) is 0 Å². The summed E-state index contributed by atoms with van der Waals surface area (Å²) in [5.41, 5.74) is -0.264. The van der Waals surface area contributed by atoms with E-state index >= 15 is 0 Å². The van der Waals surface area contributed by atoms with E-state index in [2.05, 4.69) is 4.99 Å². The van der Waals surface area contributed by atoms with Crippen molar-refractivity contribution in [3.05, 3.63) is 59.5 Å². The van der Waals surface area contributed by atoms with Gasteiger partial charge in [-0.15, -0.1) is 0 Å². The number of aliphatic imine (C=N–C) groups is 1. The van der Waals surface area contributed by atoms with Crippen molar-refractivity contribution < 1.29 is 17.6 Å². The Morgan fingerprint density at radius 1 is 1.10 bits per heavy atom. The Hall–Kier alpha value is -2.04. The summed E-state index contributed by atoms with van der Waals surface area (Å²) in [7, 11) is 0. The first-order chi connectivity index (χ1) is 9.38. The van der Waals surface area contributed by atoms with Crippen molar-refractivity contribution in [2.24, 2.45) is 4.99 Å². The predicted molar refractivity (Wildman–Crippen MR) is 70.9 cm³/mol. The Labute approximate surface area is 114 Å². The van der Waals surface area contributed by atoms with Gasteiger partial charge in [-0.1, -0.05) is 30.3 Å². The van der Waals surface area contributed by atoms with Crippen LogP contribution in [0, 0.1) is 6.92 Å². The molecule has 0 N–H and O–H groups in total. The van der Waals surface area contributed by atoms with Crippen LogP contribution in [-0.2, 0) is 0 Å². The van der Waals surface area contributed by atoms with Crippen LogP contribution >= 0.6 is 0 Å². The number of nitrogens with zero attached hydrogens (tertiary/aromatic N) is 1. The van der Waals surface area contributed by atoms with Crippen LogP contribution in [0.4, 0.5) is 13.2 Å². The molecule has 106 valence electrons. The molecule has 1 aromatic heterocycles. The Morgan fingerprint density at radius 2 is 1.75 bits per heavy atom. The van der Waals surface area contributed by atoms with Gasteiger partial charge in [0.15, 0.2) is 11.5 Å². The van der Waals surface area contributed by atoms with Gasteiger partial charge in [0.25, 0.3) is 0 Å². The lowest BCUT2D eigenvalue weighted by Gasteiger charge is -2.12. The molecule has 0 saturated carbocycles. The largest absolute Gasteiger partial charge is 0.460 e. The first-order valence-electron chi connectivity index (χ1n) is 6.14. The summed E-state index contributed by atoms with van der Waals surface area (Å²) in [5, 5.41) is 0. The molecule has 5 heteroatoms. The zero-order chi connectivity index (χ0) is 14.8. The Kier molecular flexibility index (Phi) is 3.97. The lowest BCUT2D eigenvalue weighted by atomic mass is 10.1. The van der Waals surface area contributed by atoms with E-state index < -0.39 is 17.9 Å². The third-order valence-electron chi connectivity index (χ3n) is 2.85. The second-order valence-corrected chi connectivity index (χ2v) is 4.47. The molecule has 0 amide bonds. The van der Waals surface area contributed by atoms with Crippen LogP contribution in [0.2, 0.25) is 0 Å². The smallest absolute Gasteiger partial charge is 0.436 e. The number of hydrogen-bond donors (Lipinski definition) is 0. The first kappa shape index (κ1) is 14.4. The van der Waals surface area contributed by atoms with E-state index in [0.717, 1.165) is 5.56 Å². The van der Waals surface area contributed by atoms with Gasteiger partial charge >= 0.3 is 6.18 Å². The van der Waals surface area contributed by atoms with Crippen LogP contribution < -0.4 is 0 Å². The van der Waals surface area contributed by atoms with Gasteiger partial charge in [-0.2, -0.15) is 13.2 Å². The van der Waals surface area contributed by atoms with E-state index in [1.54, 1.807) is 44.2 Å². The van der Waals surface area contributed by atoms with Crippen molar-refractivity contribution in [2.75, 3.05) is 0 Å². The molecule has 0 unspecified atom stereocenters. The van der Waals surface area contributed by atoms with Crippen molar-refractivity contribution in [1.82, 2.24) is 0 Å². The van der Waals surface area contributed by atoms with Gasteiger partial charge in [0.2, 0.25) is 0 Å². The monoisotopic (exact) mass is 281 g/mol. The predicted octanol–water partition coefficient (Wildman–Crippen LogP) is 4.70. The fourth-order valence-electron chi connectivity index (χ4n) is 1.84. The highest BCUT2D eigenvalue weighted by atomic mass is 19.4. The Balaban J connectivity index is 2.39. The van der Waals surface area contributed by atoms with E-state index in [-0.39, 0.29) is 5.76 Å². The standard InChI is InChI=1S/C15H14F3NO/c1-10-8-9-13(20-10)14(15(16,17)18)19-11(2)12-6-4-3-5-7-12/h3-9,11H,1-2H3/t11-/m1/s1. The van der Waals surface area contributed by atoms with E-state index in [1.807, 2.05) is 0 Å². The average Bonchev–Trinajstić information content (AvgIpc) is 2.81. The molecule has 0 aliphatic rings. The molecule has 0 bridgehead atoms. The van der Waals surface area contributed by atoms with Gasteiger partial charge in [-0.3, -0.25) is 4.99 Å². The van der Waals surface area contributed by atoms with Crippen LogP contribution in [0.15, 0.2) is 51.9 Å². The lowest BCUT2D eigenvalue weighted by Crippen LogP contribution is -2.24. The minimum Gasteiger partial charge on any atom is -0.460 e. The molecule has 2 rings (SSSR count). The summed E-state index contributed by atoms with van der Waals surface area (Å²) in [6.07, 6.45) is -4.55. The maximum atomic E-state index is 13.1. The maximum absolute atomic E-state index is 13.1. The van der Waals surface area contributed by atoms with Crippen LogP contribution in [-0.4, -0.2) is 11.9 Å². The number of benzene rings is 1. The van der Waals surface area contributed by atoms with Gasteiger partial charge in [0.1, 0.15) is 5.76 Å². The van der Waals surface area contributed by atoms with Crippen molar-refractivity contribution >= 4 is 5.71 Å². The molecule has 1 heterocycles. The molecule has 2 aromatic rings. The number of furan rings is 1. The third-order valence-corrected chi connectivity index (χ3v) is 2.85. The van der Waals surface area contributed by atoms with Crippen LogP contribution in [0.5, 0.6) is 0 Å². The quantitative estimate of drug-likeness (QED) is 0.749. The summed E-state index contributed by atoms with van der Waals surface area (Å²) in [4.78, 5) is 3.80. The highest BCUT2D eigenvalue weighted by molar-refractivity contribution is 6.02. The number of aryl methyl sites for hydroxylation is 1. The summed E-state index contributed by atoms with van der Waals surface area (Å²) < 4.78 is 44.4. The minimum atomic E-state index is -4.55. The minimum absolute atomic E-state index is 0.252. The normalized spacial score (nSPS) is 14.3. The number of hydrogen-bond acceptors (Lipinski definition) is 2. The molecule has 1 aromatic carbocycles. The van der Waals surface area contributed by atoms with Gasteiger partial charge < -0.3 is 4.42 Å². The van der Waals surface area contributed by atoms with Crippen molar-refractivity contribution in [2.45, 2.75) is 26.1 Å². The highest BCUT2D eigenvalue weighted by Gasteiger charge is 2.39. The number of halogens is 3. The SMILES string of the molecule is Cc1ccc(C(=N[C@H](C)c2ccccc2)C(F)(F)F)o1. The zero-order valence-corrected chi connectivity index (χ0v) is 11.1. The van der Waals surface area contributed by atoms with Crippen LogP contribution in [0.3, 0.4) is 0 Å². The van der Waals surface area contributed by atoms with Crippen molar-refractivity contribution in [3.8, 4) is 0 Å². The molecular formula is C15H14F3NO. The highest BCUT2D eigenvalue weighted by Crippen LogP contribution is 2.27. The fourth-order valence-corrected chi connectivity index (χ4v) is 1.84. The van der Waals surface area contributed by atoms with Crippen LogP contribution in [0.1, 0.15) is 30.0 Å². The second kappa shape index (κ2) is 5.53. The summed E-state index contributed by atoms with van der Waals surface area (Å²) in [6, 6.07) is 11.0. The topological polar surface area (TPSA) is 25.5 Å². The number of alkyl halides is 3. The maximum Gasteiger partial charge on any atom is 0.436 e. The van der Waals surface area contributed by atoms with Gasteiger partial charge in [-0.05, 0) is 31.5 Å². The van der Waals surface area contributed by atoms with Gasteiger partial charge in [-0.25, -0.2) is 0 Å². The summed E-state index contributed by atoms with van der Waals surface area (Å²) in [6.45, 7) is 3.22. The summed E-state index contributed by atoms with van der Waals surface area (Å²) in [5.74, 6) is 0.169. The van der Waals surface area contributed by atoms with Crippen molar-refractivity contribution in [1.29, 1.82) is 0 Å². The average molecular weight is 281 g/mol. The molecule has 0 saturated heterocycles. The third kappa shape index (κ3) is 3.29. The van der Waals surface area contributed by atoms with Crippen LogP contribution in [0.25, 0.3) is 0 Å². The molecule has 2 nitrogen and oxygen atoms in total. The second-order valence-electron chi connectivity index (χ2n) is 4.47. The molecule has 0 radical (unpaired) electrons. The molecule has 0 spiro atoms. The number of rotatable bonds is 3. The molecular weight excluding hydrogens is 267 g/mol. The molecule has 0 aliphatic carbocycles.